The number of hydrogen-bond donors (Lipinski definition) is 23. The van der Waals surface area contributed by atoms with Crippen LogP contribution in [0.3, 0.4) is 0 Å². The summed E-state index contributed by atoms with van der Waals surface area (Å²) >= 11 is 0. The van der Waals surface area contributed by atoms with Gasteiger partial charge in [-0.1, -0.05) is 72.3 Å². The summed E-state index contributed by atoms with van der Waals surface area (Å²) in [5.74, 6) is -3.63. The van der Waals surface area contributed by atoms with Gasteiger partial charge in [-0.15, -0.1) is 6.58 Å². The van der Waals surface area contributed by atoms with Crippen molar-refractivity contribution >= 4 is 11.9 Å². The Kier molecular flexibility index (Phi) is 29.6. The van der Waals surface area contributed by atoms with Crippen LogP contribution in [0.2, 0.25) is 0 Å². The minimum Gasteiger partial charge on any atom is -0.458 e. The predicted octanol–water partition coefficient (Wildman–Crippen LogP) is -7.13. The molecule has 12 aliphatic rings. The number of aliphatic hydroxyl groups excluding tert-OH is 22. The van der Waals surface area contributed by atoms with E-state index in [1.54, 1.807) is 0 Å². The molecule has 0 radical (unpaired) electrons. The molecule has 44 atom stereocenters. The van der Waals surface area contributed by atoms with Crippen molar-refractivity contribution in [2.24, 2.45) is 50.2 Å². The average Bonchev–Trinajstić information content (AvgIpc) is 0.718. The molecule has 7 saturated heterocycles. The first-order valence-corrected chi connectivity index (χ1v) is 41.5. The Morgan fingerprint density at radius 2 is 1.01 bits per heavy atom. The topological polar surface area (TPSA) is 638 Å². The van der Waals surface area contributed by atoms with Gasteiger partial charge < -0.3 is 189 Å². The molecule has 0 amide bonds. The van der Waals surface area contributed by atoms with Crippen LogP contribution in [0, 0.1) is 50.2 Å². The van der Waals surface area contributed by atoms with Crippen LogP contribution in [0.1, 0.15) is 127 Å². The molecule has 7 heterocycles. The fourth-order valence-electron chi connectivity index (χ4n) is 21.6. The summed E-state index contributed by atoms with van der Waals surface area (Å²) in [6, 6.07) is 0. The summed E-state index contributed by atoms with van der Waals surface area (Å²) in [6.07, 6.45) is -57.6. The Morgan fingerprint density at radius 1 is 0.517 bits per heavy atom. The summed E-state index contributed by atoms with van der Waals surface area (Å²) in [5, 5.41) is 255. The monoisotopic (exact) mass is 1730 g/mol. The van der Waals surface area contributed by atoms with E-state index < -0.39 is 330 Å². The van der Waals surface area contributed by atoms with E-state index in [1.165, 1.54) is 26.0 Å². The van der Waals surface area contributed by atoms with Crippen LogP contribution in [-0.2, 0) is 80.6 Å². The summed E-state index contributed by atoms with van der Waals surface area (Å²) in [4.78, 5) is 31.1. The number of aliphatic hydroxyl groups is 23. The van der Waals surface area contributed by atoms with E-state index in [0.717, 1.165) is 5.57 Å². The third-order valence-electron chi connectivity index (χ3n) is 29.3. The van der Waals surface area contributed by atoms with Crippen molar-refractivity contribution < 1.29 is 198 Å². The molecule has 12 rings (SSSR count). The van der Waals surface area contributed by atoms with Crippen molar-refractivity contribution in [3.8, 4) is 0 Å². The molecule has 40 nitrogen and oxygen atoms in total. The van der Waals surface area contributed by atoms with Gasteiger partial charge in [0, 0.05) is 11.8 Å². The van der Waals surface area contributed by atoms with Crippen LogP contribution in [0.4, 0.5) is 0 Å². The van der Waals surface area contributed by atoms with E-state index >= 15 is 4.79 Å². The third kappa shape index (κ3) is 17.4. The summed E-state index contributed by atoms with van der Waals surface area (Å²) in [6.45, 7) is 15.2. The van der Waals surface area contributed by atoms with Gasteiger partial charge in [-0.3, -0.25) is 4.79 Å². The molecule has 1 unspecified atom stereocenters. The van der Waals surface area contributed by atoms with Crippen LogP contribution in [0.15, 0.2) is 36.0 Å². The largest absolute Gasteiger partial charge is 0.458 e. The van der Waals surface area contributed by atoms with E-state index in [-0.39, 0.29) is 43.1 Å². The first kappa shape index (κ1) is 95.8. The predicted molar refractivity (Wildman–Crippen MR) is 399 cm³/mol. The molecular weight excluding hydrogens is 1600 g/mol. The lowest BCUT2D eigenvalue weighted by Crippen LogP contribution is -2.70. The van der Waals surface area contributed by atoms with Crippen molar-refractivity contribution in [1.29, 1.82) is 0 Å². The molecule has 40 heteroatoms. The van der Waals surface area contributed by atoms with Crippen LogP contribution in [0.25, 0.3) is 0 Å². The van der Waals surface area contributed by atoms with Crippen LogP contribution >= 0.6 is 0 Å². The van der Waals surface area contributed by atoms with E-state index in [9.17, 15) is 122 Å². The van der Waals surface area contributed by atoms with Crippen molar-refractivity contribution in [2.45, 2.75) is 353 Å². The SMILES string of the molecule is C=CC(C)(O)CC/C=C(\CO)C(=O)O[C@H]1C[C@]2(C(=O)O[C@@H]3O[C@H](CO)[C@@H](O)[C@H](O)[C@H]3O[C@@H]3O[C@@H](C)[C@H](O[C@@H]4O[C@@H](CO)[C@H](O)[C@H]4O)[C@@H](O[C@@H]4O[C@H](CO)[C@@H](O)[C@H](O)[C@H]4O)[C@H]3O)[C@H](O)C[C@]3(C)C(=CC[C@@H]4[C@@]5(C)CC[C@H](O[C@@H]6O[C@H](CO[C@@H]7OC[C@H](O)[C@H](O)[C@H]7O)[C@@H](O)[C@H](O)[C@H]6O[C@@H]6O[C@H](CO)[C@@H](O)[C@H](O)[C@H]6O)C(C)(C)[C@@H]5CC[C@]43C)[C@H]2CC1(C)C. The molecule has 11 fully saturated rings. The van der Waals surface area contributed by atoms with E-state index in [0.29, 0.717) is 32.1 Å². The Labute approximate surface area is 693 Å². The Balaban J connectivity index is 0.860. The van der Waals surface area contributed by atoms with Crippen molar-refractivity contribution in [3.63, 3.8) is 0 Å². The molecule has 0 bridgehead atoms. The Hall–Kier alpha value is -3.28. The Morgan fingerprint density at radius 3 is 1.57 bits per heavy atom. The smallest absolute Gasteiger partial charge is 0.336 e. The molecule has 5 aliphatic carbocycles. The highest BCUT2D eigenvalue weighted by atomic mass is 16.8. The van der Waals surface area contributed by atoms with Gasteiger partial charge in [0.05, 0.1) is 75.7 Å². The molecule has 120 heavy (non-hydrogen) atoms. The van der Waals surface area contributed by atoms with Gasteiger partial charge in [-0.25, -0.2) is 4.79 Å². The number of carbonyl (C=O) groups is 2. The van der Waals surface area contributed by atoms with Crippen LogP contribution in [0.5, 0.6) is 0 Å². The summed E-state index contributed by atoms with van der Waals surface area (Å²) in [5.41, 5.74) is -7.20. The second-order valence-corrected chi connectivity index (χ2v) is 37.3. The maximum absolute atomic E-state index is 16.6. The summed E-state index contributed by atoms with van der Waals surface area (Å²) in [7, 11) is 0. The zero-order valence-corrected chi connectivity index (χ0v) is 68.7. The summed E-state index contributed by atoms with van der Waals surface area (Å²) < 4.78 is 91.6. The molecule has 4 saturated carbocycles. The van der Waals surface area contributed by atoms with Gasteiger partial charge in [0.15, 0.2) is 43.8 Å². The molecule has 0 aromatic heterocycles. The zero-order chi connectivity index (χ0) is 88.1. The third-order valence-corrected chi connectivity index (χ3v) is 29.3. The molecule has 23 N–H and O–H groups in total. The number of esters is 2. The quantitative estimate of drug-likeness (QED) is 0.0166. The van der Waals surface area contributed by atoms with Crippen molar-refractivity contribution in [2.75, 3.05) is 46.2 Å². The number of allylic oxidation sites excluding steroid dienone is 3. The first-order valence-electron chi connectivity index (χ1n) is 41.5. The zero-order valence-electron chi connectivity index (χ0n) is 68.7. The molecule has 688 valence electrons. The van der Waals surface area contributed by atoms with Gasteiger partial charge in [0.1, 0.15) is 158 Å². The van der Waals surface area contributed by atoms with Gasteiger partial charge in [-0.05, 0) is 111 Å². The van der Waals surface area contributed by atoms with Gasteiger partial charge in [0.25, 0.3) is 0 Å². The lowest BCUT2D eigenvalue weighted by molar-refractivity contribution is -0.390. The Bertz CT molecular complexity index is 3530. The highest BCUT2D eigenvalue weighted by molar-refractivity contribution is 5.89. The van der Waals surface area contributed by atoms with Crippen molar-refractivity contribution in [3.05, 3.63) is 36.0 Å². The second kappa shape index (κ2) is 37.1. The number of carbonyl (C=O) groups excluding carboxylic acids is 2. The fourth-order valence-corrected chi connectivity index (χ4v) is 21.6. The van der Waals surface area contributed by atoms with Crippen molar-refractivity contribution in [1.82, 2.24) is 0 Å². The van der Waals surface area contributed by atoms with E-state index in [4.69, 9.17) is 71.1 Å². The highest BCUT2D eigenvalue weighted by Gasteiger charge is 2.74. The lowest BCUT2D eigenvalue weighted by Gasteiger charge is -2.72. The lowest BCUT2D eigenvalue weighted by atomic mass is 9.33. The van der Waals surface area contributed by atoms with Crippen LogP contribution < -0.4 is 0 Å². The minimum absolute atomic E-state index is 0.00807. The van der Waals surface area contributed by atoms with Gasteiger partial charge in [-0.2, -0.15) is 0 Å². The molecule has 7 aliphatic heterocycles. The van der Waals surface area contributed by atoms with Gasteiger partial charge >= 0.3 is 11.9 Å². The minimum atomic E-state index is -2.26. The fraction of sp³-hybridized carbons (Fsp3) is 0.900. The van der Waals surface area contributed by atoms with E-state index in [1.807, 2.05) is 34.6 Å². The number of fused-ring (bicyclic) bond motifs is 7. The highest BCUT2D eigenvalue weighted by Crippen LogP contribution is 2.76. The standard InChI is InChI=1S/C80H128O40/c1-11-76(7,105)18-12-13-32(24-81)65(103)114-45-23-80(73(104)120-72-64(54(96)49(91)38(27-84)112-72)119-70-60(102)62(117-68-58(100)52(94)47(89)36(25-82)109-68)61(31(2)108-70)116-67-57(99)50(92)39(28-85)111-67)34(21-74(45,3)4)33-14-15-42-77(8)19-17-44(75(5,6)41(77)16-20-78(42,9)79(33,10)22-43(80)87)115-71-63(118-69-59(101)53(95)48(90)37(26-83)110-69)55(97)51(93)40(113-71)30-107-66-56(98)46(88)35(86)29-106-66/h11,13-14,31,34-64,66-72,81-102,105H,1,12,15-30H2,2-10H3/b32-13+/t31-,34+,35-,36+,37+,38+,39-,40+,41-,42+,43+,44-,45-,46-,47+,48+,49+,50-,51+,52-,53-,54-,55-,56+,57+,58+,59+,60+,61-,62-,63+,64+,66-,67-,68-,69-,70-,71-,72-,76?,77-,78+,79+,80+/m0/s1. The number of ether oxygens (including phenoxy) is 15. The van der Waals surface area contributed by atoms with Crippen LogP contribution in [-0.4, -0.2) is 402 Å². The van der Waals surface area contributed by atoms with E-state index in [2.05, 4.69) is 26.5 Å². The molecule has 0 spiro atoms. The maximum Gasteiger partial charge on any atom is 0.336 e. The average molecular weight is 1730 g/mol. The maximum atomic E-state index is 16.6. The first-order chi connectivity index (χ1) is 56.3. The molecule has 0 aromatic rings. The number of hydrogen-bond acceptors (Lipinski definition) is 40. The normalized spacial score (nSPS) is 50.7. The second-order valence-electron chi connectivity index (χ2n) is 37.3. The molecular formula is C80H128O40. The van der Waals surface area contributed by atoms with Gasteiger partial charge in [0.2, 0.25) is 6.29 Å². The molecule has 0 aromatic carbocycles. The number of rotatable bonds is 26.